The van der Waals surface area contributed by atoms with E-state index in [0.717, 1.165) is 31.0 Å². The first-order chi connectivity index (χ1) is 13.1. The van der Waals surface area contributed by atoms with E-state index in [-0.39, 0.29) is 5.75 Å². The second kappa shape index (κ2) is 10.7. The Morgan fingerprint density at radius 1 is 1.22 bits per heavy atom. The summed E-state index contributed by atoms with van der Waals surface area (Å²) < 4.78 is 10.4. The molecule has 0 fully saturated rings. The molecule has 0 spiro atoms. The van der Waals surface area contributed by atoms with Crippen LogP contribution < -0.4 is 20.1 Å². The molecule has 1 unspecified atom stereocenters. The molecule has 0 radical (unpaired) electrons. The number of nitrogens with one attached hydrogen (secondary N) is 2. The number of ether oxygens (including phenoxy) is 2. The van der Waals surface area contributed by atoms with Gasteiger partial charge in [-0.15, -0.1) is 11.3 Å². The van der Waals surface area contributed by atoms with Crippen LogP contribution in [-0.2, 0) is 13.0 Å². The van der Waals surface area contributed by atoms with Crippen LogP contribution in [0, 0.1) is 5.92 Å². The molecule has 0 saturated heterocycles. The van der Waals surface area contributed by atoms with Gasteiger partial charge in [0.25, 0.3) is 0 Å². The number of aliphatic imine (C=N–C) groups is 1. The Labute approximate surface area is 165 Å². The van der Waals surface area contributed by atoms with Gasteiger partial charge in [-0.2, -0.15) is 0 Å². The monoisotopic (exact) mass is 391 g/mol. The van der Waals surface area contributed by atoms with Gasteiger partial charge in [-0.25, -0.2) is 4.99 Å². The molecule has 0 aliphatic rings. The minimum Gasteiger partial charge on any atom is -0.502 e. The third kappa shape index (κ3) is 6.36. The molecule has 0 bridgehead atoms. The highest BCUT2D eigenvalue weighted by Gasteiger charge is 2.11. The van der Waals surface area contributed by atoms with E-state index in [1.807, 2.05) is 6.92 Å². The third-order valence-electron chi connectivity index (χ3n) is 4.05. The number of guanidine groups is 1. The van der Waals surface area contributed by atoms with Crippen molar-refractivity contribution in [2.24, 2.45) is 10.9 Å². The Hall–Kier alpha value is -2.41. The number of phenols is 1. The molecule has 2 rings (SSSR count). The lowest BCUT2D eigenvalue weighted by Crippen LogP contribution is -2.39. The summed E-state index contributed by atoms with van der Waals surface area (Å²) in [7, 11) is 3.03. The lowest BCUT2D eigenvalue weighted by Gasteiger charge is -2.16. The van der Waals surface area contributed by atoms with Gasteiger partial charge in [0, 0.05) is 18.0 Å². The summed E-state index contributed by atoms with van der Waals surface area (Å²) in [6.07, 6.45) is 1.05. The summed E-state index contributed by atoms with van der Waals surface area (Å²) >= 11 is 1.79. The third-order valence-corrected chi connectivity index (χ3v) is 4.95. The fraction of sp³-hybridized carbons (Fsp3) is 0.450. The topological polar surface area (TPSA) is 75.1 Å². The van der Waals surface area contributed by atoms with Crippen LogP contribution in [0.3, 0.4) is 0 Å². The minimum absolute atomic E-state index is 0.000151. The number of hydrogen-bond acceptors (Lipinski definition) is 5. The minimum atomic E-state index is 0.000151. The van der Waals surface area contributed by atoms with Crippen molar-refractivity contribution in [2.45, 2.75) is 26.8 Å². The van der Waals surface area contributed by atoms with Crippen LogP contribution in [0.1, 0.15) is 24.3 Å². The Morgan fingerprint density at radius 2 is 1.93 bits per heavy atom. The fourth-order valence-electron chi connectivity index (χ4n) is 2.67. The average molecular weight is 392 g/mol. The van der Waals surface area contributed by atoms with Crippen molar-refractivity contribution in [3.05, 3.63) is 40.1 Å². The van der Waals surface area contributed by atoms with Gasteiger partial charge in [0.15, 0.2) is 17.5 Å². The normalized spacial score (nSPS) is 12.5. The quantitative estimate of drug-likeness (QED) is 0.451. The maximum Gasteiger partial charge on any atom is 0.200 e. The Bertz CT molecular complexity index is 707. The fourth-order valence-corrected chi connectivity index (χ4v) is 3.54. The first-order valence-corrected chi connectivity index (χ1v) is 9.93. The summed E-state index contributed by atoms with van der Waals surface area (Å²) in [6, 6.07) is 7.80. The highest BCUT2D eigenvalue weighted by atomic mass is 32.1. The molecular formula is C20H29N3O3S. The molecule has 0 saturated carbocycles. The maximum absolute atomic E-state index is 10.0. The van der Waals surface area contributed by atoms with E-state index in [0.29, 0.717) is 24.0 Å². The van der Waals surface area contributed by atoms with Crippen molar-refractivity contribution in [3.63, 3.8) is 0 Å². The first-order valence-electron chi connectivity index (χ1n) is 9.05. The van der Waals surface area contributed by atoms with Crippen LogP contribution in [0.4, 0.5) is 0 Å². The molecule has 0 aliphatic carbocycles. The molecule has 1 aromatic carbocycles. The van der Waals surface area contributed by atoms with Crippen LogP contribution in [0.25, 0.3) is 0 Å². The zero-order valence-corrected chi connectivity index (χ0v) is 17.2. The zero-order chi connectivity index (χ0) is 19.6. The SMILES string of the molecule is CCNC(=NCc1cc(OC)c(O)c(OC)c1)NCC(C)Cc1cccs1. The predicted octanol–water partition coefficient (Wildman–Crippen LogP) is 3.40. The van der Waals surface area contributed by atoms with Gasteiger partial charge in [-0.3, -0.25) is 0 Å². The summed E-state index contributed by atoms with van der Waals surface area (Å²) in [5.41, 5.74) is 0.894. The van der Waals surface area contributed by atoms with Crippen LogP contribution in [0.2, 0.25) is 0 Å². The molecule has 27 heavy (non-hydrogen) atoms. The summed E-state index contributed by atoms with van der Waals surface area (Å²) in [5.74, 6) is 2.02. The van der Waals surface area contributed by atoms with E-state index in [1.165, 1.54) is 19.1 Å². The zero-order valence-electron chi connectivity index (χ0n) is 16.4. The van der Waals surface area contributed by atoms with Crippen molar-refractivity contribution >= 4 is 17.3 Å². The second-order valence-electron chi connectivity index (χ2n) is 6.31. The molecule has 7 heteroatoms. The lowest BCUT2D eigenvalue weighted by molar-refractivity contribution is 0.339. The largest absolute Gasteiger partial charge is 0.502 e. The number of hydrogen-bond donors (Lipinski definition) is 3. The average Bonchev–Trinajstić information content (AvgIpc) is 3.17. The number of aromatic hydroxyl groups is 1. The summed E-state index contributed by atoms with van der Waals surface area (Å²) in [5, 5.41) is 18.8. The van der Waals surface area contributed by atoms with E-state index < -0.39 is 0 Å². The van der Waals surface area contributed by atoms with Crippen molar-refractivity contribution in [1.29, 1.82) is 0 Å². The molecular weight excluding hydrogens is 362 g/mol. The molecule has 148 valence electrons. The van der Waals surface area contributed by atoms with E-state index in [4.69, 9.17) is 9.47 Å². The van der Waals surface area contributed by atoms with Gasteiger partial charge in [0.1, 0.15) is 0 Å². The molecule has 1 atom stereocenters. The number of nitrogens with zero attached hydrogens (tertiary/aromatic N) is 1. The van der Waals surface area contributed by atoms with Crippen molar-refractivity contribution in [3.8, 4) is 17.2 Å². The molecule has 2 aromatic rings. The van der Waals surface area contributed by atoms with Gasteiger partial charge in [0.05, 0.1) is 20.8 Å². The van der Waals surface area contributed by atoms with Crippen LogP contribution >= 0.6 is 11.3 Å². The Kier molecular flexibility index (Phi) is 8.26. The summed E-state index contributed by atoms with van der Waals surface area (Å²) in [6.45, 7) is 6.34. The van der Waals surface area contributed by atoms with Gasteiger partial charge >= 0.3 is 0 Å². The molecule has 0 amide bonds. The molecule has 1 heterocycles. The van der Waals surface area contributed by atoms with Crippen LogP contribution in [-0.4, -0.2) is 38.4 Å². The number of thiophene rings is 1. The second-order valence-corrected chi connectivity index (χ2v) is 7.35. The highest BCUT2D eigenvalue weighted by Crippen LogP contribution is 2.37. The van der Waals surface area contributed by atoms with Crippen LogP contribution in [0.5, 0.6) is 17.2 Å². The van der Waals surface area contributed by atoms with Gasteiger partial charge in [-0.1, -0.05) is 13.0 Å². The number of phenolic OH excluding ortho intramolecular Hbond substituents is 1. The smallest absolute Gasteiger partial charge is 0.200 e. The molecule has 3 N–H and O–H groups in total. The summed E-state index contributed by atoms with van der Waals surface area (Å²) in [4.78, 5) is 6.04. The Balaban J connectivity index is 2.00. The predicted molar refractivity (Wildman–Crippen MR) is 111 cm³/mol. The van der Waals surface area contributed by atoms with Gasteiger partial charge < -0.3 is 25.2 Å². The van der Waals surface area contributed by atoms with Crippen molar-refractivity contribution in [2.75, 3.05) is 27.3 Å². The number of methoxy groups -OCH3 is 2. The Morgan fingerprint density at radius 3 is 2.48 bits per heavy atom. The van der Waals surface area contributed by atoms with Crippen molar-refractivity contribution in [1.82, 2.24) is 10.6 Å². The highest BCUT2D eigenvalue weighted by molar-refractivity contribution is 7.09. The molecule has 0 aliphatic heterocycles. The maximum atomic E-state index is 10.0. The lowest BCUT2D eigenvalue weighted by atomic mass is 10.1. The van der Waals surface area contributed by atoms with Gasteiger partial charge in [0.2, 0.25) is 5.75 Å². The standard InChI is InChI=1S/C20H29N3O3S/c1-5-21-20(22-12-14(2)9-16-7-6-8-27-16)23-13-15-10-17(25-3)19(24)18(11-15)26-4/h6-8,10-11,14,24H,5,9,12-13H2,1-4H3,(H2,21,22,23). The van der Waals surface area contributed by atoms with Crippen LogP contribution in [0.15, 0.2) is 34.6 Å². The molecule has 6 nitrogen and oxygen atoms in total. The van der Waals surface area contributed by atoms with E-state index in [9.17, 15) is 5.11 Å². The van der Waals surface area contributed by atoms with E-state index >= 15 is 0 Å². The van der Waals surface area contributed by atoms with E-state index in [1.54, 1.807) is 23.5 Å². The van der Waals surface area contributed by atoms with E-state index in [2.05, 4.69) is 40.1 Å². The van der Waals surface area contributed by atoms with Crippen molar-refractivity contribution < 1.29 is 14.6 Å². The number of benzene rings is 1. The van der Waals surface area contributed by atoms with Gasteiger partial charge in [-0.05, 0) is 48.4 Å². The number of rotatable bonds is 9. The first kappa shape index (κ1) is 20.9. The molecule has 1 aromatic heterocycles.